The van der Waals surface area contributed by atoms with Crippen molar-refractivity contribution < 1.29 is 9.53 Å². The maximum Gasteiger partial charge on any atom is 0.223 e. The van der Waals surface area contributed by atoms with Gasteiger partial charge in [0.2, 0.25) is 5.91 Å². The molecular weight excluding hydrogens is 332 g/mol. The fraction of sp³-hybridized carbons (Fsp3) is 0.600. The van der Waals surface area contributed by atoms with Crippen molar-refractivity contribution in [2.45, 2.75) is 57.6 Å². The predicted octanol–water partition coefficient (Wildman–Crippen LogP) is 4.15. The van der Waals surface area contributed by atoms with Gasteiger partial charge in [-0.05, 0) is 62.0 Å². The van der Waals surface area contributed by atoms with Gasteiger partial charge in [-0.1, -0.05) is 13.0 Å². The fourth-order valence-corrected chi connectivity index (χ4v) is 5.86. The smallest absolute Gasteiger partial charge is 0.223 e. The van der Waals surface area contributed by atoms with E-state index in [-0.39, 0.29) is 17.9 Å². The van der Waals surface area contributed by atoms with Crippen LogP contribution in [0.2, 0.25) is 0 Å². The van der Waals surface area contributed by atoms with Crippen molar-refractivity contribution in [3.63, 3.8) is 0 Å². The Kier molecular flexibility index (Phi) is 3.56. The van der Waals surface area contributed by atoms with Gasteiger partial charge in [-0.25, -0.2) is 4.98 Å². The number of ether oxygens (including phenoxy) is 1. The summed E-state index contributed by atoms with van der Waals surface area (Å²) in [5.41, 5.74) is 3.38. The number of hydrogen-bond donors (Lipinski definition) is 1. The summed E-state index contributed by atoms with van der Waals surface area (Å²) in [6.45, 7) is 2.33. The molecule has 0 unspecified atom stereocenters. The zero-order valence-corrected chi connectivity index (χ0v) is 15.3. The molecule has 2 aromatic rings. The van der Waals surface area contributed by atoms with E-state index < -0.39 is 0 Å². The van der Waals surface area contributed by atoms with Crippen LogP contribution < -0.4 is 10.1 Å². The molecule has 0 bridgehead atoms. The lowest BCUT2D eigenvalue weighted by Crippen LogP contribution is -2.57. The van der Waals surface area contributed by atoms with Crippen LogP contribution in [0.15, 0.2) is 23.7 Å². The van der Waals surface area contributed by atoms with Crippen molar-refractivity contribution in [3.8, 4) is 5.75 Å². The van der Waals surface area contributed by atoms with Crippen LogP contribution in [0.3, 0.4) is 0 Å². The molecule has 1 aromatic carbocycles. The quantitative estimate of drug-likeness (QED) is 0.895. The summed E-state index contributed by atoms with van der Waals surface area (Å²) in [5.74, 6) is 2.10. The first-order chi connectivity index (χ1) is 12.1. The average molecular weight is 356 g/mol. The Bertz CT molecular complexity index is 797. The van der Waals surface area contributed by atoms with Crippen molar-refractivity contribution in [2.75, 3.05) is 0 Å². The number of carbonyl (C=O) groups excluding carboxylic acids is 1. The van der Waals surface area contributed by atoms with Crippen LogP contribution in [-0.4, -0.2) is 23.0 Å². The minimum Gasteiger partial charge on any atom is -0.488 e. The van der Waals surface area contributed by atoms with E-state index in [9.17, 15) is 4.79 Å². The second-order valence-electron chi connectivity index (χ2n) is 8.49. The van der Waals surface area contributed by atoms with Gasteiger partial charge in [-0.15, -0.1) is 11.3 Å². The number of rotatable bonds is 4. The fourth-order valence-electron chi connectivity index (χ4n) is 5.17. The molecule has 5 heteroatoms. The lowest BCUT2D eigenvalue weighted by atomic mass is 9.50. The lowest BCUT2D eigenvalue weighted by molar-refractivity contribution is -0.134. The maximum absolute atomic E-state index is 12.4. The van der Waals surface area contributed by atoms with Crippen LogP contribution >= 0.6 is 11.3 Å². The largest absolute Gasteiger partial charge is 0.488 e. The first-order valence-corrected chi connectivity index (χ1v) is 10.3. The Hall–Kier alpha value is -1.62. The number of amides is 1. The minimum atomic E-state index is 0.122. The molecule has 3 saturated carbocycles. The summed E-state index contributed by atoms with van der Waals surface area (Å²) in [5, 5.41) is 3.26. The van der Waals surface area contributed by atoms with Gasteiger partial charge in [-0.2, -0.15) is 0 Å². The van der Waals surface area contributed by atoms with Gasteiger partial charge in [0.15, 0.2) is 0 Å². The normalized spacial score (nSPS) is 36.4. The van der Waals surface area contributed by atoms with E-state index in [2.05, 4.69) is 23.3 Å². The molecule has 1 amide bonds. The molecule has 3 fully saturated rings. The van der Waals surface area contributed by atoms with Gasteiger partial charge in [0.25, 0.3) is 0 Å². The molecule has 132 valence electrons. The summed E-state index contributed by atoms with van der Waals surface area (Å²) >= 11 is 1.63. The van der Waals surface area contributed by atoms with E-state index in [0.29, 0.717) is 11.5 Å². The number of benzene rings is 1. The molecule has 1 N–H and O–H groups in total. The summed E-state index contributed by atoms with van der Waals surface area (Å²) < 4.78 is 7.23. The molecule has 1 spiro atoms. The van der Waals surface area contributed by atoms with Gasteiger partial charge in [0.1, 0.15) is 17.4 Å². The number of aromatic nitrogens is 1. The monoisotopic (exact) mass is 356 g/mol. The van der Waals surface area contributed by atoms with Crippen molar-refractivity contribution in [2.24, 2.45) is 17.3 Å². The summed E-state index contributed by atoms with van der Waals surface area (Å²) in [6, 6.07) is 6.46. The average Bonchev–Trinajstić information content (AvgIpc) is 2.95. The third-order valence-electron chi connectivity index (χ3n) is 6.35. The van der Waals surface area contributed by atoms with Crippen LogP contribution in [0.1, 0.15) is 45.4 Å². The standard InChI is InChI=1S/C20H24N2O2S/c1-12-7-20(8-12)9-14(10-20)22-19(23)13-5-15(6-13)24-16-3-2-4-17-18(16)21-11-25-17/h2-4,11-15H,5-10H2,1H3,(H,22,23)/t12?,13-,14?,15-,20?. The molecule has 1 aromatic heterocycles. The molecule has 0 radical (unpaired) electrons. The first-order valence-electron chi connectivity index (χ1n) is 9.39. The van der Waals surface area contributed by atoms with E-state index in [1.807, 2.05) is 17.6 Å². The number of nitrogens with one attached hydrogen (secondary N) is 1. The van der Waals surface area contributed by atoms with Gasteiger partial charge >= 0.3 is 0 Å². The Balaban J connectivity index is 1.10. The molecule has 3 aliphatic rings. The highest BCUT2D eigenvalue weighted by molar-refractivity contribution is 7.16. The number of para-hydroxylation sites is 1. The molecule has 4 nitrogen and oxygen atoms in total. The van der Waals surface area contributed by atoms with Crippen molar-refractivity contribution >= 4 is 27.5 Å². The molecule has 5 rings (SSSR count). The summed E-state index contributed by atoms with van der Waals surface area (Å²) in [4.78, 5) is 16.8. The van der Waals surface area contributed by atoms with Gasteiger partial charge in [0, 0.05) is 12.0 Å². The van der Waals surface area contributed by atoms with E-state index in [1.54, 1.807) is 11.3 Å². The van der Waals surface area contributed by atoms with Crippen LogP contribution in [0.25, 0.3) is 10.2 Å². The number of nitrogens with zero attached hydrogens (tertiary/aromatic N) is 1. The highest BCUT2D eigenvalue weighted by Gasteiger charge is 2.52. The zero-order chi connectivity index (χ0) is 17.0. The van der Waals surface area contributed by atoms with E-state index in [4.69, 9.17) is 4.74 Å². The van der Waals surface area contributed by atoms with E-state index >= 15 is 0 Å². The van der Waals surface area contributed by atoms with Gasteiger partial charge < -0.3 is 10.1 Å². The van der Waals surface area contributed by atoms with Crippen molar-refractivity contribution in [1.29, 1.82) is 0 Å². The SMILES string of the molecule is CC1CC2(C1)CC(NC(=O)[C@H]1C[C@H](Oc3cccc4scnc34)C1)C2. The number of thiazole rings is 1. The van der Waals surface area contributed by atoms with Crippen LogP contribution in [0, 0.1) is 17.3 Å². The predicted molar refractivity (Wildman–Crippen MR) is 98.8 cm³/mol. The molecular formula is C20H24N2O2S. The van der Waals surface area contributed by atoms with E-state index in [1.165, 1.54) is 25.7 Å². The Morgan fingerprint density at radius 1 is 1.28 bits per heavy atom. The molecule has 0 saturated heterocycles. The second kappa shape index (κ2) is 5.70. The van der Waals surface area contributed by atoms with Crippen molar-refractivity contribution in [3.05, 3.63) is 23.7 Å². The highest BCUT2D eigenvalue weighted by Crippen LogP contribution is 2.58. The third kappa shape index (κ3) is 2.73. The van der Waals surface area contributed by atoms with Gasteiger partial charge in [-0.3, -0.25) is 4.79 Å². The summed E-state index contributed by atoms with van der Waals surface area (Å²) in [7, 11) is 0. The molecule has 0 aliphatic heterocycles. The van der Waals surface area contributed by atoms with Crippen LogP contribution in [0.4, 0.5) is 0 Å². The summed E-state index contributed by atoms with van der Waals surface area (Å²) in [6.07, 6.45) is 6.90. The Labute approximate surface area is 152 Å². The molecule has 0 atom stereocenters. The third-order valence-corrected chi connectivity index (χ3v) is 7.15. The molecule has 1 heterocycles. The van der Waals surface area contributed by atoms with Crippen LogP contribution in [-0.2, 0) is 4.79 Å². The maximum atomic E-state index is 12.4. The topological polar surface area (TPSA) is 51.2 Å². The van der Waals surface area contributed by atoms with Crippen LogP contribution in [0.5, 0.6) is 5.75 Å². The van der Waals surface area contributed by atoms with E-state index in [0.717, 1.165) is 34.7 Å². The van der Waals surface area contributed by atoms with Gasteiger partial charge in [0.05, 0.1) is 10.2 Å². The molecule has 25 heavy (non-hydrogen) atoms. The number of fused-ring (bicyclic) bond motifs is 1. The zero-order valence-electron chi connectivity index (χ0n) is 14.5. The number of carbonyl (C=O) groups is 1. The van der Waals surface area contributed by atoms with Crippen molar-refractivity contribution in [1.82, 2.24) is 10.3 Å². The second-order valence-corrected chi connectivity index (χ2v) is 9.38. The Morgan fingerprint density at radius 2 is 2.08 bits per heavy atom. The number of hydrogen-bond acceptors (Lipinski definition) is 4. The lowest BCUT2D eigenvalue weighted by Gasteiger charge is -2.57. The minimum absolute atomic E-state index is 0.122. The Morgan fingerprint density at radius 3 is 2.84 bits per heavy atom. The first kappa shape index (κ1) is 15.6. The molecule has 3 aliphatic carbocycles. The highest BCUT2D eigenvalue weighted by atomic mass is 32.1.